The standard InChI is InChI=1S/C16H15FOS/c17-13-8-7-12-9-15(19-14(12)10-13)16(18)11-5-3-1-2-4-6-11/h5,7-10H,1-4,6H2. The highest BCUT2D eigenvalue weighted by atomic mass is 32.1. The summed E-state index contributed by atoms with van der Waals surface area (Å²) in [5, 5.41) is 0.948. The molecule has 1 aliphatic rings. The van der Waals surface area contributed by atoms with Gasteiger partial charge >= 0.3 is 0 Å². The van der Waals surface area contributed by atoms with Crippen LogP contribution in [0.5, 0.6) is 0 Å². The van der Waals surface area contributed by atoms with Gasteiger partial charge in [-0.05, 0) is 54.8 Å². The Labute approximate surface area is 115 Å². The van der Waals surface area contributed by atoms with Gasteiger partial charge in [-0.1, -0.05) is 18.6 Å². The number of benzene rings is 1. The highest BCUT2D eigenvalue weighted by Gasteiger charge is 2.16. The van der Waals surface area contributed by atoms with Crippen molar-refractivity contribution < 1.29 is 9.18 Å². The van der Waals surface area contributed by atoms with Crippen LogP contribution in [0, 0.1) is 5.82 Å². The predicted molar refractivity (Wildman–Crippen MR) is 77.3 cm³/mol. The third kappa shape index (κ3) is 2.61. The lowest BCUT2D eigenvalue weighted by Gasteiger charge is -2.01. The van der Waals surface area contributed by atoms with Gasteiger partial charge in [0.2, 0.25) is 0 Å². The van der Waals surface area contributed by atoms with E-state index in [-0.39, 0.29) is 11.6 Å². The SMILES string of the molecule is O=C(C1=CCCCCC1)c1cc2ccc(F)cc2s1. The van der Waals surface area contributed by atoms with Gasteiger partial charge in [-0.25, -0.2) is 4.39 Å². The van der Waals surface area contributed by atoms with Crippen molar-refractivity contribution in [2.24, 2.45) is 0 Å². The molecule has 0 amide bonds. The fourth-order valence-corrected chi connectivity index (χ4v) is 3.56. The van der Waals surface area contributed by atoms with Crippen LogP contribution in [-0.4, -0.2) is 5.78 Å². The van der Waals surface area contributed by atoms with Crippen molar-refractivity contribution >= 4 is 27.2 Å². The van der Waals surface area contributed by atoms with E-state index in [1.807, 2.05) is 6.07 Å². The summed E-state index contributed by atoms with van der Waals surface area (Å²) in [6.45, 7) is 0. The van der Waals surface area contributed by atoms with Crippen LogP contribution in [0.1, 0.15) is 41.8 Å². The van der Waals surface area contributed by atoms with Crippen molar-refractivity contribution in [3.63, 3.8) is 0 Å². The molecule has 1 heterocycles. The maximum absolute atomic E-state index is 13.2. The van der Waals surface area contributed by atoms with Crippen molar-refractivity contribution in [1.82, 2.24) is 0 Å². The van der Waals surface area contributed by atoms with Gasteiger partial charge in [0.1, 0.15) is 5.82 Å². The molecule has 0 unspecified atom stereocenters. The van der Waals surface area contributed by atoms with E-state index in [1.165, 1.54) is 36.3 Å². The van der Waals surface area contributed by atoms with Crippen LogP contribution in [0.25, 0.3) is 10.1 Å². The van der Waals surface area contributed by atoms with Crippen LogP contribution >= 0.6 is 11.3 Å². The van der Waals surface area contributed by atoms with Crippen LogP contribution in [-0.2, 0) is 0 Å². The molecule has 19 heavy (non-hydrogen) atoms. The first kappa shape index (κ1) is 12.5. The average molecular weight is 274 g/mol. The van der Waals surface area contributed by atoms with E-state index in [9.17, 15) is 9.18 Å². The zero-order valence-electron chi connectivity index (χ0n) is 10.6. The van der Waals surface area contributed by atoms with Gasteiger partial charge in [-0.2, -0.15) is 0 Å². The molecule has 0 bridgehead atoms. The second-order valence-electron chi connectivity index (χ2n) is 4.95. The van der Waals surface area contributed by atoms with Gasteiger partial charge < -0.3 is 0 Å². The summed E-state index contributed by atoms with van der Waals surface area (Å²) in [5.41, 5.74) is 0.935. The normalized spacial score (nSPS) is 16.2. The lowest BCUT2D eigenvalue weighted by Crippen LogP contribution is -2.00. The van der Waals surface area contributed by atoms with Crippen LogP contribution < -0.4 is 0 Å². The summed E-state index contributed by atoms with van der Waals surface area (Å²) in [6, 6.07) is 6.55. The molecule has 98 valence electrons. The lowest BCUT2D eigenvalue weighted by molar-refractivity contribution is 0.103. The van der Waals surface area contributed by atoms with Crippen LogP contribution in [0.2, 0.25) is 0 Å². The highest BCUT2D eigenvalue weighted by molar-refractivity contribution is 7.21. The predicted octanol–water partition coefficient (Wildman–Crippen LogP) is 5.11. The molecule has 0 saturated heterocycles. The van der Waals surface area contributed by atoms with Gasteiger partial charge in [-0.15, -0.1) is 11.3 Å². The monoisotopic (exact) mass is 274 g/mol. The molecular weight excluding hydrogens is 259 g/mol. The Morgan fingerprint density at radius 1 is 1.16 bits per heavy atom. The summed E-state index contributed by atoms with van der Waals surface area (Å²) in [5.74, 6) is -0.120. The molecule has 3 heteroatoms. The minimum atomic E-state index is -0.248. The van der Waals surface area contributed by atoms with Crippen molar-refractivity contribution in [2.75, 3.05) is 0 Å². The molecule has 0 spiro atoms. The van der Waals surface area contributed by atoms with Crippen LogP contribution in [0.4, 0.5) is 4.39 Å². The fourth-order valence-electron chi connectivity index (χ4n) is 2.50. The molecule has 0 saturated carbocycles. The number of carbonyl (C=O) groups is 1. The van der Waals surface area contributed by atoms with E-state index in [0.717, 1.165) is 39.8 Å². The lowest BCUT2D eigenvalue weighted by atomic mass is 10.0. The van der Waals surface area contributed by atoms with Gasteiger partial charge in [0.05, 0.1) is 4.88 Å². The summed E-state index contributed by atoms with van der Waals surface area (Å²) < 4.78 is 14.0. The Kier molecular flexibility index (Phi) is 3.47. The topological polar surface area (TPSA) is 17.1 Å². The molecule has 0 radical (unpaired) electrons. The van der Waals surface area contributed by atoms with E-state index in [0.29, 0.717) is 0 Å². The number of allylic oxidation sites excluding steroid dienone is 2. The third-order valence-electron chi connectivity index (χ3n) is 3.54. The first-order chi connectivity index (χ1) is 9.24. The molecule has 1 aromatic carbocycles. The number of hydrogen-bond donors (Lipinski definition) is 0. The molecule has 0 N–H and O–H groups in total. The van der Waals surface area contributed by atoms with E-state index < -0.39 is 0 Å². The minimum Gasteiger partial charge on any atom is -0.288 e. The number of rotatable bonds is 2. The first-order valence-electron chi connectivity index (χ1n) is 6.67. The summed E-state index contributed by atoms with van der Waals surface area (Å²) in [6.07, 6.45) is 7.43. The Morgan fingerprint density at radius 3 is 2.95 bits per heavy atom. The van der Waals surface area contributed by atoms with Gasteiger partial charge in [-0.3, -0.25) is 4.79 Å². The molecular formula is C16H15FOS. The number of thiophene rings is 1. The van der Waals surface area contributed by atoms with E-state index in [1.54, 1.807) is 6.07 Å². The van der Waals surface area contributed by atoms with E-state index >= 15 is 0 Å². The van der Waals surface area contributed by atoms with Crippen LogP contribution in [0.15, 0.2) is 35.9 Å². The van der Waals surface area contributed by atoms with Crippen molar-refractivity contribution in [3.8, 4) is 0 Å². The molecule has 0 atom stereocenters. The smallest absolute Gasteiger partial charge is 0.198 e. The highest BCUT2D eigenvalue weighted by Crippen LogP contribution is 2.30. The molecule has 1 aliphatic carbocycles. The van der Waals surface area contributed by atoms with Crippen molar-refractivity contribution in [3.05, 3.63) is 46.6 Å². The zero-order valence-corrected chi connectivity index (χ0v) is 11.4. The molecule has 0 fully saturated rings. The average Bonchev–Trinajstić information content (AvgIpc) is 2.64. The number of hydrogen-bond acceptors (Lipinski definition) is 2. The first-order valence-corrected chi connectivity index (χ1v) is 7.48. The number of ketones is 1. The third-order valence-corrected chi connectivity index (χ3v) is 4.64. The largest absolute Gasteiger partial charge is 0.288 e. The minimum absolute atomic E-state index is 0.128. The number of fused-ring (bicyclic) bond motifs is 1. The molecule has 3 rings (SSSR count). The Morgan fingerprint density at radius 2 is 2.05 bits per heavy atom. The van der Waals surface area contributed by atoms with Gasteiger partial charge in [0.25, 0.3) is 0 Å². The summed E-state index contributed by atoms with van der Waals surface area (Å²) in [4.78, 5) is 13.2. The van der Waals surface area contributed by atoms with Crippen molar-refractivity contribution in [2.45, 2.75) is 32.1 Å². The Hall–Kier alpha value is -1.48. The maximum atomic E-state index is 13.2. The molecule has 1 aromatic heterocycles. The molecule has 1 nitrogen and oxygen atoms in total. The van der Waals surface area contributed by atoms with Crippen molar-refractivity contribution in [1.29, 1.82) is 0 Å². The quantitative estimate of drug-likeness (QED) is 0.695. The van der Waals surface area contributed by atoms with E-state index in [4.69, 9.17) is 0 Å². The Balaban J connectivity index is 1.94. The summed E-state index contributed by atoms with van der Waals surface area (Å²) in [7, 11) is 0. The molecule has 0 aliphatic heterocycles. The molecule has 2 aromatic rings. The maximum Gasteiger partial charge on any atom is 0.198 e. The Bertz CT molecular complexity index is 654. The van der Waals surface area contributed by atoms with Gasteiger partial charge in [0.15, 0.2) is 5.78 Å². The summed E-state index contributed by atoms with van der Waals surface area (Å²) >= 11 is 1.39. The van der Waals surface area contributed by atoms with Gasteiger partial charge in [0, 0.05) is 4.70 Å². The second kappa shape index (κ2) is 5.25. The number of Topliss-reactive ketones (excluding diaryl/α,β-unsaturated/α-hetero) is 1. The second-order valence-corrected chi connectivity index (χ2v) is 6.03. The van der Waals surface area contributed by atoms with Crippen LogP contribution in [0.3, 0.4) is 0 Å². The number of halogens is 1. The van der Waals surface area contributed by atoms with E-state index in [2.05, 4.69) is 6.08 Å². The fraction of sp³-hybridized carbons (Fsp3) is 0.312. The zero-order chi connectivity index (χ0) is 13.2. The number of carbonyl (C=O) groups excluding carboxylic acids is 1.